The maximum Gasteiger partial charge on any atom is 0.352 e. The van der Waals surface area contributed by atoms with Gasteiger partial charge >= 0.3 is 5.97 Å². The Morgan fingerprint density at radius 2 is 1.80 bits per heavy atom. The average molecular weight is 493 g/mol. The molecule has 2 amide bonds. The summed E-state index contributed by atoms with van der Waals surface area (Å²) in [5.74, 6) is -3.00. The highest BCUT2D eigenvalue weighted by atomic mass is 35.5. The molecule has 25 heavy (non-hydrogen) atoms. The number of carbonyl (C=O) groups is 3. The molecule has 0 aromatic rings. The summed E-state index contributed by atoms with van der Waals surface area (Å²) in [4.78, 5) is 34.0. The highest BCUT2D eigenvalue weighted by Crippen LogP contribution is 2.69. The van der Waals surface area contributed by atoms with Crippen molar-refractivity contribution >= 4 is 99.2 Å². The maximum atomic E-state index is 12.7. The Morgan fingerprint density at radius 3 is 2.24 bits per heavy atom. The second kappa shape index (κ2) is 6.26. The lowest BCUT2D eigenvalue weighted by molar-refractivity contribution is -0.176. The first kappa shape index (κ1) is 21.8. The van der Waals surface area contributed by atoms with Crippen LogP contribution >= 0.6 is 81.4 Å². The van der Waals surface area contributed by atoms with Gasteiger partial charge in [0.2, 0.25) is 20.2 Å². The fourth-order valence-corrected chi connectivity index (χ4v) is 5.69. The number of carbonyl (C=O) groups excluding carboxylic acids is 3. The van der Waals surface area contributed by atoms with E-state index in [9.17, 15) is 14.4 Å². The number of nitrogens with one attached hydrogen (secondary N) is 1. The lowest BCUT2D eigenvalue weighted by Gasteiger charge is -2.56. The Balaban J connectivity index is 2.54. The van der Waals surface area contributed by atoms with Crippen LogP contribution in [-0.2, 0) is 19.1 Å². The Labute approximate surface area is 178 Å². The normalized spacial score (nSPS) is 32.7. The molecule has 2 heterocycles. The summed E-state index contributed by atoms with van der Waals surface area (Å²) in [5, 5.41) is 2.50. The van der Waals surface area contributed by atoms with Crippen molar-refractivity contribution in [2.75, 3.05) is 5.88 Å². The van der Waals surface area contributed by atoms with Gasteiger partial charge in [-0.2, -0.15) is 0 Å². The first-order valence-corrected chi connectivity index (χ1v) is 9.91. The van der Waals surface area contributed by atoms with Gasteiger partial charge in [0, 0.05) is 6.92 Å². The molecular formula is C12H12Cl6N2O4S. The summed E-state index contributed by atoms with van der Waals surface area (Å²) in [6.45, 7) is 4.31. The molecule has 0 aliphatic carbocycles. The number of hydrogen-bond acceptors (Lipinski definition) is 5. The lowest BCUT2D eigenvalue weighted by Crippen LogP contribution is -2.84. The van der Waals surface area contributed by atoms with E-state index < -0.39 is 47.3 Å². The Morgan fingerprint density at radius 1 is 1.28 bits per heavy atom. The molecule has 0 saturated carbocycles. The topological polar surface area (TPSA) is 75.7 Å². The molecule has 0 spiro atoms. The van der Waals surface area contributed by atoms with E-state index >= 15 is 0 Å². The molecule has 0 radical (unpaired) electrons. The molecule has 0 aromatic carbocycles. The van der Waals surface area contributed by atoms with Gasteiger partial charge in [-0.25, -0.2) is 4.79 Å². The molecule has 6 nitrogen and oxygen atoms in total. The summed E-state index contributed by atoms with van der Waals surface area (Å²) < 4.78 is -0.353. The molecule has 2 aliphatic heterocycles. The molecular weight excluding hydrogens is 481 g/mol. The van der Waals surface area contributed by atoms with Crippen LogP contribution in [0.2, 0.25) is 0 Å². The van der Waals surface area contributed by atoms with Crippen molar-refractivity contribution in [2.45, 2.75) is 44.4 Å². The highest BCUT2D eigenvalue weighted by Gasteiger charge is 2.86. The predicted molar refractivity (Wildman–Crippen MR) is 99.3 cm³/mol. The zero-order valence-corrected chi connectivity index (χ0v) is 18.3. The smallest absolute Gasteiger partial charge is 0.352 e. The zero-order chi connectivity index (χ0) is 19.6. The van der Waals surface area contributed by atoms with E-state index in [0.29, 0.717) is 0 Å². The van der Waals surface area contributed by atoms with E-state index in [0.717, 1.165) is 16.7 Å². The SMILES string of the molecule is CC(=O)N[C@]12SC(C)(C)[C@](Cl)(C(=O)OC(Cl)(Cl)CCl)N1C(=O)C2(Cl)Cl. The average Bonchev–Trinajstić information content (AvgIpc) is 2.61. The lowest BCUT2D eigenvalue weighted by atomic mass is 9.94. The first-order valence-electron chi connectivity index (χ1n) is 6.67. The molecule has 0 aromatic heterocycles. The fourth-order valence-electron chi connectivity index (χ4n) is 2.65. The van der Waals surface area contributed by atoms with Crippen LogP contribution in [0.25, 0.3) is 0 Å². The quantitative estimate of drug-likeness (QED) is 0.282. The van der Waals surface area contributed by atoms with Gasteiger partial charge in [-0.05, 0) is 13.8 Å². The van der Waals surface area contributed by atoms with Gasteiger partial charge in [0.05, 0.1) is 10.6 Å². The maximum absolute atomic E-state index is 12.7. The minimum Gasteiger partial charge on any atom is -0.425 e. The zero-order valence-electron chi connectivity index (χ0n) is 13.0. The minimum atomic E-state index is -2.11. The second-order valence-electron chi connectivity index (χ2n) is 5.94. The molecule has 2 atom stereocenters. The molecule has 1 N–H and O–H groups in total. The minimum absolute atomic E-state index is 0.442. The molecule has 0 bridgehead atoms. The van der Waals surface area contributed by atoms with Crippen LogP contribution in [0, 0.1) is 0 Å². The van der Waals surface area contributed by atoms with Crippen LogP contribution in [-0.4, -0.2) is 52.2 Å². The standard InChI is InChI=1S/C12H12Cl6N2O4S/c1-5(21)19-12-10(16,17)6(22)20(12)11(18,8(2,3)25-12)7(23)24-9(14,15)4-13/h4H2,1-3H3,(H,19,21)/t11-,12-/m0/s1. The number of alkyl halides is 6. The molecule has 142 valence electrons. The van der Waals surface area contributed by atoms with Crippen molar-refractivity contribution in [3.8, 4) is 0 Å². The number of nitrogens with zero attached hydrogens (tertiary/aromatic N) is 1. The first-order chi connectivity index (χ1) is 11.1. The number of amides is 2. The predicted octanol–water partition coefficient (Wildman–Crippen LogP) is 3.17. The summed E-state index contributed by atoms with van der Waals surface area (Å²) in [7, 11) is 0. The van der Waals surface area contributed by atoms with E-state index in [4.69, 9.17) is 74.3 Å². The van der Waals surface area contributed by atoms with E-state index in [1.807, 2.05) is 0 Å². The van der Waals surface area contributed by atoms with Gasteiger partial charge in [0.15, 0.2) is 0 Å². The van der Waals surface area contributed by atoms with Crippen molar-refractivity contribution in [1.82, 2.24) is 10.2 Å². The number of thioether (sulfide) groups is 1. The number of rotatable bonds is 4. The van der Waals surface area contributed by atoms with E-state index in [1.165, 1.54) is 6.92 Å². The summed E-state index contributed by atoms with van der Waals surface area (Å²) in [6.07, 6.45) is 0. The van der Waals surface area contributed by atoms with E-state index in [1.54, 1.807) is 13.8 Å². The number of hydrogen-bond donors (Lipinski definition) is 1. The molecule has 2 fully saturated rings. The second-order valence-corrected chi connectivity index (χ2v) is 11.3. The van der Waals surface area contributed by atoms with Crippen LogP contribution < -0.4 is 5.32 Å². The fraction of sp³-hybridized carbons (Fsp3) is 0.750. The molecule has 2 saturated heterocycles. The third kappa shape index (κ3) is 2.89. The van der Waals surface area contributed by atoms with E-state index in [-0.39, 0.29) is 0 Å². The summed E-state index contributed by atoms with van der Waals surface area (Å²) >= 11 is 36.8. The monoisotopic (exact) mass is 490 g/mol. The van der Waals surface area contributed by atoms with Crippen molar-refractivity contribution < 1.29 is 19.1 Å². The third-order valence-corrected chi connectivity index (χ3v) is 8.50. The van der Waals surface area contributed by atoms with Crippen LogP contribution in [0.4, 0.5) is 0 Å². The highest BCUT2D eigenvalue weighted by molar-refractivity contribution is 8.02. The Hall–Kier alpha value is 0.500. The number of fused-ring (bicyclic) bond motifs is 1. The summed E-state index contributed by atoms with van der Waals surface area (Å²) in [6, 6.07) is 0. The van der Waals surface area contributed by atoms with Crippen molar-refractivity contribution in [3.05, 3.63) is 0 Å². The van der Waals surface area contributed by atoms with Gasteiger partial charge in [0.25, 0.3) is 10.4 Å². The van der Waals surface area contributed by atoms with Crippen LogP contribution in [0.3, 0.4) is 0 Å². The van der Waals surface area contributed by atoms with Gasteiger partial charge in [-0.15, -0.1) is 11.6 Å². The Kier molecular flexibility index (Phi) is 5.46. The van der Waals surface area contributed by atoms with Crippen molar-refractivity contribution in [1.29, 1.82) is 0 Å². The molecule has 0 unspecified atom stereocenters. The number of halogens is 6. The summed E-state index contributed by atoms with van der Waals surface area (Å²) in [5.41, 5.74) is 0. The molecule has 13 heteroatoms. The van der Waals surface area contributed by atoms with Crippen molar-refractivity contribution in [3.63, 3.8) is 0 Å². The van der Waals surface area contributed by atoms with Gasteiger partial charge < -0.3 is 10.1 Å². The number of β-lactam (4-membered cyclic amide) rings is 1. The van der Waals surface area contributed by atoms with Crippen LogP contribution in [0.5, 0.6) is 0 Å². The molecule has 2 rings (SSSR count). The number of esters is 1. The number of ether oxygens (including phenoxy) is 1. The molecule has 2 aliphatic rings. The van der Waals surface area contributed by atoms with Gasteiger partial charge in [0.1, 0.15) is 0 Å². The Bertz CT molecular complexity index is 660. The third-order valence-electron chi connectivity index (χ3n) is 3.73. The van der Waals surface area contributed by atoms with Gasteiger partial charge in [-0.1, -0.05) is 69.8 Å². The van der Waals surface area contributed by atoms with Crippen molar-refractivity contribution in [2.24, 2.45) is 0 Å². The van der Waals surface area contributed by atoms with Gasteiger partial charge in [-0.3, -0.25) is 14.5 Å². The van der Waals surface area contributed by atoms with Crippen LogP contribution in [0.15, 0.2) is 0 Å². The van der Waals surface area contributed by atoms with Crippen LogP contribution in [0.1, 0.15) is 20.8 Å². The van der Waals surface area contributed by atoms with E-state index in [2.05, 4.69) is 5.32 Å². The largest absolute Gasteiger partial charge is 0.425 e.